The average Bonchev–Trinajstić information content (AvgIpc) is 2.83. The molecule has 0 bridgehead atoms. The molecular weight excluding hydrogens is 322 g/mol. The van der Waals surface area contributed by atoms with E-state index >= 15 is 0 Å². The first-order valence-electron chi connectivity index (χ1n) is 5.85. The van der Waals surface area contributed by atoms with Crippen LogP contribution in [0.1, 0.15) is 4.88 Å². The topological polar surface area (TPSA) is 50.9 Å². The van der Waals surface area contributed by atoms with Crippen molar-refractivity contribution >= 4 is 49.5 Å². The summed E-state index contributed by atoms with van der Waals surface area (Å²) in [4.78, 5) is 5.61. The van der Waals surface area contributed by atoms with E-state index in [9.17, 15) is 0 Å². The number of aromatic nitrogens is 1. The van der Waals surface area contributed by atoms with E-state index in [2.05, 4.69) is 38.4 Å². The van der Waals surface area contributed by atoms with Gasteiger partial charge in [-0.2, -0.15) is 0 Å². The highest BCUT2D eigenvalue weighted by Crippen LogP contribution is 2.27. The Morgan fingerprint density at radius 3 is 2.89 bits per heavy atom. The van der Waals surface area contributed by atoms with Crippen LogP contribution in [-0.2, 0) is 6.54 Å². The second-order valence-electron chi connectivity index (χ2n) is 4.16. The summed E-state index contributed by atoms with van der Waals surface area (Å²) in [5, 5.41) is 4.49. The van der Waals surface area contributed by atoms with E-state index in [1.807, 2.05) is 24.3 Å². The van der Waals surface area contributed by atoms with Gasteiger partial charge in [-0.05, 0) is 40.2 Å². The number of hydrogen-bond acceptors (Lipinski definition) is 4. The summed E-state index contributed by atoms with van der Waals surface area (Å²) in [6.07, 6.45) is 1.78. The molecule has 1 aromatic carbocycles. The summed E-state index contributed by atoms with van der Waals surface area (Å²) in [7, 11) is 0. The van der Waals surface area contributed by atoms with Crippen LogP contribution in [0, 0.1) is 0 Å². The molecule has 0 radical (unpaired) electrons. The van der Waals surface area contributed by atoms with E-state index in [-0.39, 0.29) is 0 Å². The van der Waals surface area contributed by atoms with Crippen LogP contribution in [0.5, 0.6) is 0 Å². The molecular formula is C14H12BrN3S. The first kappa shape index (κ1) is 12.4. The molecule has 2 heterocycles. The molecule has 0 aliphatic heterocycles. The van der Waals surface area contributed by atoms with Crippen LogP contribution in [0.15, 0.2) is 46.4 Å². The van der Waals surface area contributed by atoms with Gasteiger partial charge in [0.15, 0.2) is 0 Å². The molecule has 2 aromatic heterocycles. The zero-order valence-corrected chi connectivity index (χ0v) is 12.5. The minimum atomic E-state index is 0.708. The molecule has 0 aliphatic rings. The van der Waals surface area contributed by atoms with Gasteiger partial charge in [-0.3, -0.25) is 4.98 Å². The lowest BCUT2D eigenvalue weighted by atomic mass is 10.1. The van der Waals surface area contributed by atoms with Crippen LogP contribution in [0.4, 0.5) is 11.4 Å². The fourth-order valence-electron chi connectivity index (χ4n) is 1.98. The van der Waals surface area contributed by atoms with E-state index in [1.165, 1.54) is 4.88 Å². The number of hydrogen-bond donors (Lipinski definition) is 2. The zero-order chi connectivity index (χ0) is 13.2. The van der Waals surface area contributed by atoms with Gasteiger partial charge in [0.05, 0.1) is 15.0 Å². The Hall–Kier alpha value is -1.59. The number of para-hydroxylation sites is 1. The van der Waals surface area contributed by atoms with Crippen molar-refractivity contribution in [1.29, 1.82) is 0 Å². The molecule has 0 unspecified atom stereocenters. The van der Waals surface area contributed by atoms with Gasteiger partial charge in [-0.25, -0.2) is 0 Å². The normalized spacial score (nSPS) is 10.8. The van der Waals surface area contributed by atoms with Gasteiger partial charge in [0, 0.05) is 28.7 Å². The third-order valence-corrected chi connectivity index (χ3v) is 4.51. The highest BCUT2D eigenvalue weighted by molar-refractivity contribution is 9.11. The quantitative estimate of drug-likeness (QED) is 0.704. The largest absolute Gasteiger partial charge is 0.397 e. The van der Waals surface area contributed by atoms with Crippen molar-refractivity contribution in [3.8, 4) is 0 Å². The number of nitrogen functional groups attached to an aromatic ring is 1. The lowest BCUT2D eigenvalue weighted by Gasteiger charge is -2.09. The van der Waals surface area contributed by atoms with Gasteiger partial charge in [0.2, 0.25) is 0 Å². The lowest BCUT2D eigenvalue weighted by molar-refractivity contribution is 1.19. The molecule has 0 atom stereocenters. The monoisotopic (exact) mass is 333 g/mol. The SMILES string of the molecule is Nc1cccc2c(NCc3ccc(Br)s3)ccnc12. The van der Waals surface area contributed by atoms with Crippen LogP contribution in [0.25, 0.3) is 10.9 Å². The number of fused-ring (bicyclic) bond motifs is 1. The lowest BCUT2D eigenvalue weighted by Crippen LogP contribution is -1.99. The highest BCUT2D eigenvalue weighted by atomic mass is 79.9. The minimum absolute atomic E-state index is 0.708. The first-order valence-corrected chi connectivity index (χ1v) is 7.46. The van der Waals surface area contributed by atoms with Gasteiger partial charge in [0.1, 0.15) is 0 Å². The average molecular weight is 334 g/mol. The number of nitrogens with two attached hydrogens (primary N) is 1. The molecule has 3 N–H and O–H groups in total. The fourth-order valence-corrected chi connectivity index (χ4v) is 3.41. The van der Waals surface area contributed by atoms with Crippen molar-refractivity contribution in [2.75, 3.05) is 11.1 Å². The molecule has 3 rings (SSSR count). The van der Waals surface area contributed by atoms with Gasteiger partial charge in [-0.1, -0.05) is 12.1 Å². The minimum Gasteiger partial charge on any atom is -0.397 e. The van der Waals surface area contributed by atoms with Crippen molar-refractivity contribution in [1.82, 2.24) is 4.98 Å². The summed E-state index contributed by atoms with van der Waals surface area (Å²) in [5.41, 5.74) is 8.55. The van der Waals surface area contributed by atoms with E-state index < -0.39 is 0 Å². The Balaban J connectivity index is 1.91. The summed E-state index contributed by atoms with van der Waals surface area (Å²) < 4.78 is 1.15. The standard InChI is InChI=1S/C14H12BrN3S/c15-13-5-4-9(19-13)8-18-12-6-7-17-14-10(12)2-1-3-11(14)16/h1-7H,8,16H2,(H,17,18). The predicted molar refractivity (Wildman–Crippen MR) is 85.5 cm³/mol. The van der Waals surface area contributed by atoms with Crippen LogP contribution in [0.2, 0.25) is 0 Å². The Labute approximate surface area is 123 Å². The van der Waals surface area contributed by atoms with Crippen molar-refractivity contribution in [2.45, 2.75) is 6.54 Å². The van der Waals surface area contributed by atoms with Crippen molar-refractivity contribution < 1.29 is 0 Å². The van der Waals surface area contributed by atoms with Crippen LogP contribution in [0.3, 0.4) is 0 Å². The molecule has 0 aliphatic carbocycles. The second kappa shape index (κ2) is 5.19. The molecule has 0 saturated heterocycles. The number of thiophene rings is 1. The van der Waals surface area contributed by atoms with E-state index in [4.69, 9.17) is 5.73 Å². The first-order chi connectivity index (χ1) is 9.24. The molecule has 5 heteroatoms. The third kappa shape index (κ3) is 2.57. The molecule has 3 nitrogen and oxygen atoms in total. The van der Waals surface area contributed by atoms with Crippen molar-refractivity contribution in [2.24, 2.45) is 0 Å². The van der Waals surface area contributed by atoms with E-state index in [0.717, 1.165) is 26.9 Å². The van der Waals surface area contributed by atoms with Crippen LogP contribution < -0.4 is 11.1 Å². The predicted octanol–water partition coefficient (Wildman–Crippen LogP) is 4.25. The Morgan fingerprint density at radius 1 is 1.21 bits per heavy atom. The Morgan fingerprint density at radius 2 is 2.11 bits per heavy atom. The molecule has 0 saturated carbocycles. The summed E-state index contributed by atoms with van der Waals surface area (Å²) in [6, 6.07) is 12.0. The molecule has 0 fully saturated rings. The smallest absolute Gasteiger partial charge is 0.0951 e. The number of rotatable bonds is 3. The third-order valence-electron chi connectivity index (χ3n) is 2.88. The number of nitrogens with one attached hydrogen (secondary N) is 1. The maximum Gasteiger partial charge on any atom is 0.0951 e. The van der Waals surface area contributed by atoms with E-state index in [1.54, 1.807) is 17.5 Å². The maximum atomic E-state index is 5.94. The van der Waals surface area contributed by atoms with Gasteiger partial charge in [0.25, 0.3) is 0 Å². The Kier molecular flexibility index (Phi) is 3.40. The van der Waals surface area contributed by atoms with Crippen LogP contribution in [-0.4, -0.2) is 4.98 Å². The second-order valence-corrected chi connectivity index (χ2v) is 6.71. The number of pyridine rings is 1. The molecule has 3 aromatic rings. The summed E-state index contributed by atoms with van der Waals surface area (Å²) >= 11 is 5.20. The van der Waals surface area contributed by atoms with Gasteiger partial charge < -0.3 is 11.1 Å². The van der Waals surface area contributed by atoms with Crippen molar-refractivity contribution in [3.05, 3.63) is 51.3 Å². The number of nitrogens with zero attached hydrogens (tertiary/aromatic N) is 1. The number of anilines is 2. The van der Waals surface area contributed by atoms with Gasteiger partial charge in [-0.15, -0.1) is 11.3 Å². The number of benzene rings is 1. The maximum absolute atomic E-state index is 5.94. The molecule has 96 valence electrons. The van der Waals surface area contributed by atoms with E-state index in [0.29, 0.717) is 5.69 Å². The molecule has 0 amide bonds. The molecule has 19 heavy (non-hydrogen) atoms. The number of halogens is 1. The highest BCUT2D eigenvalue weighted by Gasteiger charge is 2.04. The Bertz CT molecular complexity index is 724. The molecule has 0 spiro atoms. The van der Waals surface area contributed by atoms with Crippen LogP contribution >= 0.6 is 27.3 Å². The summed E-state index contributed by atoms with van der Waals surface area (Å²) in [6.45, 7) is 0.796. The zero-order valence-electron chi connectivity index (χ0n) is 10.1. The fraction of sp³-hybridized carbons (Fsp3) is 0.0714. The summed E-state index contributed by atoms with van der Waals surface area (Å²) in [5.74, 6) is 0. The van der Waals surface area contributed by atoms with Gasteiger partial charge >= 0.3 is 0 Å². The van der Waals surface area contributed by atoms with Crippen molar-refractivity contribution in [3.63, 3.8) is 0 Å².